The summed E-state index contributed by atoms with van der Waals surface area (Å²) in [6.07, 6.45) is 10.8. The van der Waals surface area contributed by atoms with Crippen molar-refractivity contribution in [3.8, 4) is 0 Å². The Morgan fingerprint density at radius 3 is 2.58 bits per heavy atom. The Labute approximate surface area is 145 Å². The average Bonchev–Trinajstić information content (AvgIpc) is 2.60. The summed E-state index contributed by atoms with van der Waals surface area (Å²) < 4.78 is 1.88. The van der Waals surface area contributed by atoms with E-state index in [9.17, 15) is 9.59 Å². The molecule has 0 aliphatic heterocycles. The summed E-state index contributed by atoms with van der Waals surface area (Å²) in [6.45, 7) is 5.69. The van der Waals surface area contributed by atoms with Crippen LogP contribution in [0, 0.1) is 0 Å². The van der Waals surface area contributed by atoms with Gasteiger partial charge in [0, 0.05) is 18.8 Å². The first-order chi connectivity index (χ1) is 11.7. The molecule has 1 aromatic rings. The predicted molar refractivity (Wildman–Crippen MR) is 98.7 cm³/mol. The van der Waals surface area contributed by atoms with Crippen molar-refractivity contribution in [3.63, 3.8) is 0 Å². The maximum atomic E-state index is 12.8. The molecule has 0 radical (unpaired) electrons. The van der Waals surface area contributed by atoms with Gasteiger partial charge in [-0.2, -0.15) is 0 Å². The molecule has 0 fully saturated rings. The number of unbranched alkanes of at least 4 members (excludes halogenated alkanes) is 4. The number of carbonyl (C=O) groups excluding carboxylic acids is 1. The average molecular weight is 332 g/mol. The molecule has 134 valence electrons. The predicted octanol–water partition coefficient (Wildman–Crippen LogP) is 3.84. The summed E-state index contributed by atoms with van der Waals surface area (Å²) >= 11 is 0. The number of aryl methyl sites for hydroxylation is 1. The number of carbonyl (C=O) groups is 1. The highest BCUT2D eigenvalue weighted by Gasteiger charge is 2.20. The molecule has 0 saturated heterocycles. The molecule has 0 unspecified atom stereocenters. The Balaban J connectivity index is 2.16. The second kappa shape index (κ2) is 9.65. The van der Waals surface area contributed by atoms with Crippen molar-refractivity contribution < 1.29 is 4.79 Å². The van der Waals surface area contributed by atoms with Crippen molar-refractivity contribution in [2.45, 2.75) is 84.6 Å². The van der Waals surface area contributed by atoms with Gasteiger partial charge in [0.05, 0.1) is 0 Å². The maximum absolute atomic E-state index is 12.8. The minimum atomic E-state index is -0.199. The molecule has 1 aromatic heterocycles. The standard InChI is InChI=1S/C20H32N2O2/c1-3-5-7-10-13-21-19(23)17-15-16-11-8-9-12-18(16)22(20(17)24)14-6-4-2/h15H,3-14H2,1-2H3,(H,21,23). The molecule has 1 amide bonds. The van der Waals surface area contributed by atoms with Crippen molar-refractivity contribution in [1.82, 2.24) is 9.88 Å². The fourth-order valence-electron chi connectivity index (χ4n) is 3.44. The van der Waals surface area contributed by atoms with Crippen LogP contribution in [0.5, 0.6) is 0 Å². The molecule has 0 spiro atoms. The minimum absolute atomic E-state index is 0.102. The van der Waals surface area contributed by atoms with E-state index in [0.29, 0.717) is 12.1 Å². The van der Waals surface area contributed by atoms with E-state index in [1.54, 1.807) is 0 Å². The van der Waals surface area contributed by atoms with Crippen molar-refractivity contribution >= 4 is 5.91 Å². The van der Waals surface area contributed by atoms with Crippen LogP contribution in [0.25, 0.3) is 0 Å². The maximum Gasteiger partial charge on any atom is 0.263 e. The zero-order valence-electron chi connectivity index (χ0n) is 15.3. The lowest BCUT2D eigenvalue weighted by atomic mass is 9.94. The highest BCUT2D eigenvalue weighted by Crippen LogP contribution is 2.21. The summed E-state index contributed by atoms with van der Waals surface area (Å²) in [5.74, 6) is -0.199. The first-order valence-electron chi connectivity index (χ1n) is 9.72. The van der Waals surface area contributed by atoms with Crippen LogP contribution >= 0.6 is 0 Å². The van der Waals surface area contributed by atoms with Gasteiger partial charge in [0.15, 0.2) is 0 Å². The third-order valence-electron chi connectivity index (χ3n) is 4.90. The molecule has 0 bridgehead atoms. The van der Waals surface area contributed by atoms with Gasteiger partial charge in [-0.25, -0.2) is 0 Å². The molecule has 1 heterocycles. The van der Waals surface area contributed by atoms with Crippen LogP contribution in [0.1, 0.15) is 86.8 Å². The zero-order chi connectivity index (χ0) is 17.4. The van der Waals surface area contributed by atoms with Crippen LogP contribution in [0.4, 0.5) is 0 Å². The van der Waals surface area contributed by atoms with Gasteiger partial charge in [-0.1, -0.05) is 39.5 Å². The van der Waals surface area contributed by atoms with E-state index in [-0.39, 0.29) is 11.5 Å². The van der Waals surface area contributed by atoms with Crippen LogP contribution in [-0.2, 0) is 19.4 Å². The Kier molecular flexibility index (Phi) is 7.54. The molecule has 2 rings (SSSR count). The minimum Gasteiger partial charge on any atom is -0.352 e. The van der Waals surface area contributed by atoms with Gasteiger partial charge in [-0.05, 0) is 50.2 Å². The Morgan fingerprint density at radius 2 is 1.83 bits per heavy atom. The van der Waals surface area contributed by atoms with E-state index in [0.717, 1.165) is 57.9 Å². The third kappa shape index (κ3) is 4.71. The van der Waals surface area contributed by atoms with Gasteiger partial charge in [0.25, 0.3) is 11.5 Å². The molecule has 1 aliphatic rings. The first-order valence-corrected chi connectivity index (χ1v) is 9.72. The number of hydrogen-bond acceptors (Lipinski definition) is 2. The van der Waals surface area contributed by atoms with Crippen LogP contribution in [0.2, 0.25) is 0 Å². The highest BCUT2D eigenvalue weighted by atomic mass is 16.2. The topological polar surface area (TPSA) is 51.1 Å². The number of rotatable bonds is 9. The molecular weight excluding hydrogens is 300 g/mol. The summed E-state index contributed by atoms with van der Waals surface area (Å²) in [6, 6.07) is 1.86. The number of nitrogens with one attached hydrogen (secondary N) is 1. The second-order valence-electron chi connectivity index (χ2n) is 6.86. The summed E-state index contributed by atoms with van der Waals surface area (Å²) in [4.78, 5) is 25.3. The van der Waals surface area contributed by atoms with E-state index < -0.39 is 0 Å². The molecule has 0 aromatic carbocycles. The van der Waals surface area contributed by atoms with Crippen LogP contribution in [-0.4, -0.2) is 17.0 Å². The number of fused-ring (bicyclic) bond motifs is 1. The monoisotopic (exact) mass is 332 g/mol. The number of pyridine rings is 1. The largest absolute Gasteiger partial charge is 0.352 e. The smallest absolute Gasteiger partial charge is 0.263 e. The first kappa shape index (κ1) is 18.8. The molecule has 0 atom stereocenters. The Bertz CT molecular complexity index is 604. The molecule has 4 nitrogen and oxygen atoms in total. The van der Waals surface area contributed by atoms with Crippen molar-refractivity contribution in [3.05, 3.63) is 33.2 Å². The molecule has 0 saturated carbocycles. The third-order valence-corrected chi connectivity index (χ3v) is 4.90. The molecule has 24 heavy (non-hydrogen) atoms. The Hall–Kier alpha value is -1.58. The van der Waals surface area contributed by atoms with E-state index in [4.69, 9.17) is 0 Å². The lowest BCUT2D eigenvalue weighted by Gasteiger charge is -2.22. The SMILES string of the molecule is CCCCCCNC(=O)c1cc2c(n(CCCC)c1=O)CCCC2. The highest BCUT2D eigenvalue weighted by molar-refractivity contribution is 5.94. The molecule has 1 aliphatic carbocycles. The molecule has 4 heteroatoms. The van der Waals surface area contributed by atoms with Crippen molar-refractivity contribution in [1.29, 1.82) is 0 Å². The van der Waals surface area contributed by atoms with Gasteiger partial charge in [-0.3, -0.25) is 9.59 Å². The van der Waals surface area contributed by atoms with Gasteiger partial charge >= 0.3 is 0 Å². The zero-order valence-corrected chi connectivity index (χ0v) is 15.3. The fourth-order valence-corrected chi connectivity index (χ4v) is 3.44. The number of aromatic nitrogens is 1. The van der Waals surface area contributed by atoms with E-state index in [2.05, 4.69) is 19.2 Å². The molecule has 1 N–H and O–H groups in total. The van der Waals surface area contributed by atoms with Crippen LogP contribution in [0.15, 0.2) is 10.9 Å². The van der Waals surface area contributed by atoms with Crippen LogP contribution in [0.3, 0.4) is 0 Å². The van der Waals surface area contributed by atoms with Crippen LogP contribution < -0.4 is 10.9 Å². The summed E-state index contributed by atoms with van der Waals surface area (Å²) in [5, 5.41) is 2.94. The number of nitrogens with zero attached hydrogens (tertiary/aromatic N) is 1. The normalized spacial score (nSPS) is 13.6. The number of amides is 1. The lowest BCUT2D eigenvalue weighted by Crippen LogP contribution is -2.36. The lowest BCUT2D eigenvalue weighted by molar-refractivity contribution is 0.0950. The second-order valence-corrected chi connectivity index (χ2v) is 6.86. The van der Waals surface area contributed by atoms with E-state index >= 15 is 0 Å². The quantitative estimate of drug-likeness (QED) is 0.699. The summed E-state index contributed by atoms with van der Waals surface area (Å²) in [7, 11) is 0. The van der Waals surface area contributed by atoms with Gasteiger partial charge in [0.2, 0.25) is 0 Å². The van der Waals surface area contributed by atoms with E-state index in [1.165, 1.54) is 24.1 Å². The van der Waals surface area contributed by atoms with E-state index in [1.807, 2.05) is 10.6 Å². The van der Waals surface area contributed by atoms with Crippen molar-refractivity contribution in [2.75, 3.05) is 6.54 Å². The fraction of sp³-hybridized carbons (Fsp3) is 0.700. The van der Waals surface area contributed by atoms with Gasteiger partial charge in [-0.15, -0.1) is 0 Å². The van der Waals surface area contributed by atoms with Gasteiger partial charge < -0.3 is 9.88 Å². The Morgan fingerprint density at radius 1 is 1.08 bits per heavy atom. The van der Waals surface area contributed by atoms with Gasteiger partial charge in [0.1, 0.15) is 5.56 Å². The molecular formula is C20H32N2O2. The van der Waals surface area contributed by atoms with Crippen molar-refractivity contribution in [2.24, 2.45) is 0 Å². The summed E-state index contributed by atoms with van der Waals surface area (Å²) in [5.41, 5.74) is 2.60. The number of hydrogen-bond donors (Lipinski definition) is 1.